The topological polar surface area (TPSA) is 114 Å². The molecule has 8 nitrogen and oxygen atoms in total. The Morgan fingerprint density at radius 1 is 1.03 bits per heavy atom. The summed E-state index contributed by atoms with van der Waals surface area (Å²) in [7, 11) is -3.82. The standard InChI is InChI=1S/C23H29N3O5S/c1-17-8-10-18(11-9-17)12-13-21(27)26-19-6-5-7-20(16-19)32(29,30)25-15-14-24-22(28)31-23(2,3)4/h5-13,16,25H,14-15H2,1-4H3,(H,24,28)(H,26,27)/b13-12+. The van der Waals surface area contributed by atoms with Crippen LogP contribution < -0.4 is 15.4 Å². The van der Waals surface area contributed by atoms with Crippen LogP contribution in [0.3, 0.4) is 0 Å². The minimum atomic E-state index is -3.82. The third-order valence-corrected chi connectivity index (χ3v) is 5.46. The smallest absolute Gasteiger partial charge is 0.407 e. The molecule has 2 aromatic rings. The van der Waals surface area contributed by atoms with Crippen molar-refractivity contribution in [3.05, 3.63) is 65.7 Å². The number of carbonyl (C=O) groups excluding carboxylic acids is 2. The second-order valence-electron chi connectivity index (χ2n) is 8.09. The van der Waals surface area contributed by atoms with Crippen LogP contribution in [0, 0.1) is 6.92 Å². The highest BCUT2D eigenvalue weighted by Gasteiger charge is 2.17. The first-order valence-electron chi connectivity index (χ1n) is 10.1. The summed E-state index contributed by atoms with van der Waals surface area (Å²) in [5, 5.41) is 5.13. The van der Waals surface area contributed by atoms with Gasteiger partial charge in [0, 0.05) is 24.9 Å². The van der Waals surface area contributed by atoms with Crippen LogP contribution >= 0.6 is 0 Å². The van der Waals surface area contributed by atoms with Gasteiger partial charge in [-0.15, -0.1) is 0 Å². The van der Waals surface area contributed by atoms with Gasteiger partial charge in [-0.3, -0.25) is 4.79 Å². The fourth-order valence-electron chi connectivity index (χ4n) is 2.52. The number of aryl methyl sites for hydroxylation is 1. The lowest BCUT2D eigenvalue weighted by molar-refractivity contribution is -0.111. The Morgan fingerprint density at radius 2 is 1.72 bits per heavy atom. The van der Waals surface area contributed by atoms with Gasteiger partial charge >= 0.3 is 6.09 Å². The lowest BCUT2D eigenvalue weighted by Gasteiger charge is -2.19. The van der Waals surface area contributed by atoms with Gasteiger partial charge in [-0.2, -0.15) is 0 Å². The third-order valence-electron chi connectivity index (χ3n) is 4.00. The maximum absolute atomic E-state index is 12.5. The first kappa shape index (κ1) is 25.1. The Morgan fingerprint density at radius 3 is 2.38 bits per heavy atom. The molecule has 0 saturated carbocycles. The van der Waals surface area contributed by atoms with Crippen molar-refractivity contribution >= 4 is 33.8 Å². The van der Waals surface area contributed by atoms with Crippen LogP contribution in [0.5, 0.6) is 0 Å². The zero-order valence-electron chi connectivity index (χ0n) is 18.6. The average molecular weight is 460 g/mol. The molecule has 0 unspecified atom stereocenters. The number of carbonyl (C=O) groups is 2. The molecule has 0 spiro atoms. The normalized spacial score (nSPS) is 11.9. The largest absolute Gasteiger partial charge is 0.444 e. The van der Waals surface area contributed by atoms with E-state index in [0.717, 1.165) is 11.1 Å². The van der Waals surface area contributed by atoms with Crippen LogP contribution in [0.15, 0.2) is 59.5 Å². The number of ether oxygens (including phenoxy) is 1. The summed E-state index contributed by atoms with van der Waals surface area (Å²) in [6.07, 6.45) is 2.43. The van der Waals surface area contributed by atoms with Crippen molar-refractivity contribution < 1.29 is 22.7 Å². The number of alkyl carbamates (subject to hydrolysis) is 1. The number of sulfonamides is 1. The Kier molecular flexibility index (Phi) is 8.56. The predicted molar refractivity (Wildman–Crippen MR) is 125 cm³/mol. The van der Waals surface area contributed by atoms with Crippen molar-refractivity contribution in [2.45, 2.75) is 38.2 Å². The van der Waals surface area contributed by atoms with Gasteiger partial charge in [-0.1, -0.05) is 35.9 Å². The van der Waals surface area contributed by atoms with Crippen molar-refractivity contribution in [3.63, 3.8) is 0 Å². The minimum Gasteiger partial charge on any atom is -0.444 e. The number of amides is 2. The molecule has 172 valence electrons. The van der Waals surface area contributed by atoms with E-state index in [1.165, 1.54) is 24.3 Å². The number of hydrogen-bond donors (Lipinski definition) is 3. The van der Waals surface area contributed by atoms with Crippen molar-refractivity contribution in [3.8, 4) is 0 Å². The van der Waals surface area contributed by atoms with E-state index in [9.17, 15) is 18.0 Å². The molecular formula is C23H29N3O5S. The lowest BCUT2D eigenvalue weighted by atomic mass is 10.1. The summed E-state index contributed by atoms with van der Waals surface area (Å²) in [6.45, 7) is 7.23. The van der Waals surface area contributed by atoms with E-state index in [4.69, 9.17) is 4.74 Å². The molecule has 0 bridgehead atoms. The molecule has 0 atom stereocenters. The van der Waals surface area contributed by atoms with E-state index < -0.39 is 21.7 Å². The minimum absolute atomic E-state index is 0.00455. The van der Waals surface area contributed by atoms with E-state index >= 15 is 0 Å². The molecule has 9 heteroatoms. The SMILES string of the molecule is Cc1ccc(/C=C/C(=O)Nc2cccc(S(=O)(=O)NCCNC(=O)OC(C)(C)C)c2)cc1. The van der Waals surface area contributed by atoms with Crippen LogP contribution in [-0.2, 0) is 19.6 Å². The van der Waals surface area contributed by atoms with Gasteiger partial charge in [0.25, 0.3) is 0 Å². The van der Waals surface area contributed by atoms with Crippen LogP contribution in [0.4, 0.5) is 10.5 Å². The molecule has 0 aliphatic carbocycles. The molecule has 0 aliphatic rings. The van der Waals surface area contributed by atoms with Gasteiger partial charge in [-0.25, -0.2) is 17.9 Å². The first-order chi connectivity index (χ1) is 14.9. The predicted octanol–water partition coefficient (Wildman–Crippen LogP) is 3.45. The fourth-order valence-corrected chi connectivity index (χ4v) is 3.60. The average Bonchev–Trinajstić information content (AvgIpc) is 2.70. The summed E-state index contributed by atoms with van der Waals surface area (Å²) in [6, 6.07) is 13.6. The van der Waals surface area contributed by atoms with Crippen molar-refractivity contribution in [2.75, 3.05) is 18.4 Å². The molecule has 0 aliphatic heterocycles. The molecule has 0 saturated heterocycles. The monoisotopic (exact) mass is 459 g/mol. The Labute approximate surface area is 189 Å². The molecular weight excluding hydrogens is 430 g/mol. The van der Waals surface area contributed by atoms with Crippen LogP contribution in [0.1, 0.15) is 31.9 Å². The summed E-state index contributed by atoms with van der Waals surface area (Å²) in [5.41, 5.74) is 1.72. The van der Waals surface area contributed by atoms with Crippen LogP contribution in [-0.4, -0.2) is 39.1 Å². The number of nitrogens with one attached hydrogen (secondary N) is 3. The Bertz CT molecular complexity index is 1070. The van der Waals surface area contributed by atoms with Crippen LogP contribution in [0.25, 0.3) is 6.08 Å². The van der Waals surface area contributed by atoms with E-state index in [1.807, 2.05) is 31.2 Å². The highest BCUT2D eigenvalue weighted by molar-refractivity contribution is 7.89. The van der Waals surface area contributed by atoms with E-state index in [-0.39, 0.29) is 23.9 Å². The Hall–Kier alpha value is -3.17. The maximum Gasteiger partial charge on any atom is 0.407 e. The summed E-state index contributed by atoms with van der Waals surface area (Å²) in [5.74, 6) is -0.380. The van der Waals surface area contributed by atoms with E-state index in [1.54, 1.807) is 32.9 Å². The fraction of sp³-hybridized carbons (Fsp3) is 0.304. The molecule has 0 radical (unpaired) electrons. The van der Waals surface area contributed by atoms with Gasteiger partial charge in [0.15, 0.2) is 0 Å². The summed E-state index contributed by atoms with van der Waals surface area (Å²) < 4.78 is 32.5. The third kappa shape index (κ3) is 8.91. The van der Waals surface area contributed by atoms with Crippen molar-refractivity contribution in [2.24, 2.45) is 0 Å². The number of benzene rings is 2. The molecule has 0 fully saturated rings. The van der Waals surface area contributed by atoms with Crippen molar-refractivity contribution in [1.82, 2.24) is 10.0 Å². The van der Waals surface area contributed by atoms with E-state index in [2.05, 4.69) is 15.4 Å². The zero-order valence-corrected chi connectivity index (χ0v) is 19.5. The van der Waals surface area contributed by atoms with Gasteiger partial charge in [0.1, 0.15) is 5.60 Å². The number of rotatable bonds is 8. The molecule has 32 heavy (non-hydrogen) atoms. The second kappa shape index (κ2) is 10.9. The quantitative estimate of drug-likeness (QED) is 0.413. The van der Waals surface area contributed by atoms with Gasteiger partial charge in [0.05, 0.1) is 4.90 Å². The molecule has 0 heterocycles. The highest BCUT2D eigenvalue weighted by atomic mass is 32.2. The molecule has 3 N–H and O–H groups in total. The second-order valence-corrected chi connectivity index (χ2v) is 9.85. The lowest BCUT2D eigenvalue weighted by Crippen LogP contribution is -2.37. The molecule has 0 aromatic heterocycles. The van der Waals surface area contributed by atoms with Gasteiger partial charge in [0.2, 0.25) is 15.9 Å². The number of hydrogen-bond acceptors (Lipinski definition) is 5. The first-order valence-corrected chi connectivity index (χ1v) is 11.6. The summed E-state index contributed by atoms with van der Waals surface area (Å²) in [4.78, 5) is 23.8. The molecule has 2 aromatic carbocycles. The van der Waals surface area contributed by atoms with Crippen LogP contribution in [0.2, 0.25) is 0 Å². The maximum atomic E-state index is 12.5. The molecule has 2 amide bonds. The van der Waals surface area contributed by atoms with Gasteiger partial charge in [-0.05, 0) is 57.5 Å². The van der Waals surface area contributed by atoms with E-state index in [0.29, 0.717) is 5.69 Å². The molecule has 2 rings (SSSR count). The number of anilines is 1. The van der Waals surface area contributed by atoms with Crippen molar-refractivity contribution in [1.29, 1.82) is 0 Å². The zero-order chi connectivity index (χ0) is 23.8. The van der Waals surface area contributed by atoms with Gasteiger partial charge < -0.3 is 15.4 Å². The Balaban J connectivity index is 1.90. The highest BCUT2D eigenvalue weighted by Crippen LogP contribution is 2.15. The summed E-state index contributed by atoms with van der Waals surface area (Å²) >= 11 is 0.